The number of nitrogens with two attached hydrogens (primary N) is 1. The van der Waals surface area contributed by atoms with E-state index in [2.05, 4.69) is 4.98 Å². The maximum atomic E-state index is 11.3. The molecule has 0 aliphatic carbocycles. The van der Waals surface area contributed by atoms with E-state index in [0.29, 0.717) is 33.4 Å². The van der Waals surface area contributed by atoms with Crippen molar-refractivity contribution >= 4 is 33.8 Å². The Hall–Kier alpha value is -4.46. The maximum Gasteiger partial charge on any atom is 0.270 e. The van der Waals surface area contributed by atoms with E-state index in [-0.39, 0.29) is 17.4 Å². The number of nitrogens with one attached hydrogen (secondary N) is 2. The van der Waals surface area contributed by atoms with Gasteiger partial charge in [0, 0.05) is 34.2 Å². The van der Waals surface area contributed by atoms with E-state index in [9.17, 15) is 15.2 Å². The largest absolute Gasteiger partial charge is 0.494 e. The second-order valence-corrected chi connectivity index (χ2v) is 6.62. The highest BCUT2D eigenvalue weighted by molar-refractivity contribution is 6.22. The Labute approximate surface area is 171 Å². The van der Waals surface area contributed by atoms with Crippen LogP contribution in [0.2, 0.25) is 0 Å². The molecule has 0 saturated heterocycles. The van der Waals surface area contributed by atoms with Crippen LogP contribution in [0.5, 0.6) is 5.88 Å². The number of amidine groups is 1. The van der Waals surface area contributed by atoms with Crippen molar-refractivity contribution < 1.29 is 10.0 Å². The van der Waals surface area contributed by atoms with Crippen molar-refractivity contribution in [2.45, 2.75) is 0 Å². The first-order chi connectivity index (χ1) is 14.4. The van der Waals surface area contributed by atoms with E-state index >= 15 is 0 Å². The first-order valence-corrected chi connectivity index (χ1v) is 9.02. The molecule has 1 heterocycles. The summed E-state index contributed by atoms with van der Waals surface area (Å²) in [6.45, 7) is 0. The fraction of sp³-hybridized carbons (Fsp3) is 0. The predicted octanol–water partition coefficient (Wildman–Crippen LogP) is 4.23. The van der Waals surface area contributed by atoms with Crippen LogP contribution in [-0.4, -0.2) is 26.6 Å². The molecule has 0 fully saturated rings. The first-order valence-electron chi connectivity index (χ1n) is 9.02. The third-order valence-corrected chi connectivity index (χ3v) is 4.68. The van der Waals surface area contributed by atoms with Crippen molar-refractivity contribution in [1.82, 2.24) is 4.98 Å². The number of aliphatic imine (C=N–C) groups is 1. The molecule has 0 aliphatic rings. The Bertz CT molecular complexity index is 1290. The number of aromatic nitrogens is 1. The number of non-ortho nitro benzene ring substituents is 1. The van der Waals surface area contributed by atoms with Crippen molar-refractivity contribution in [3.8, 4) is 5.88 Å². The van der Waals surface area contributed by atoms with Gasteiger partial charge >= 0.3 is 0 Å². The lowest BCUT2D eigenvalue weighted by Gasteiger charge is -2.08. The topological polar surface area (TPSA) is 141 Å². The van der Waals surface area contributed by atoms with Gasteiger partial charge < -0.3 is 15.8 Å². The van der Waals surface area contributed by atoms with Gasteiger partial charge in [-0.3, -0.25) is 15.5 Å². The van der Waals surface area contributed by atoms with Gasteiger partial charge in [0.2, 0.25) is 0 Å². The van der Waals surface area contributed by atoms with Crippen molar-refractivity contribution in [3.05, 3.63) is 99.6 Å². The quantitative estimate of drug-likeness (QED) is 0.172. The number of hydrogen-bond donors (Lipinski definition) is 4. The van der Waals surface area contributed by atoms with Crippen LogP contribution in [0, 0.1) is 15.5 Å². The number of nitro benzene ring substituents is 1. The number of benzene rings is 3. The SMILES string of the molecule is N=C(N)c1ccc(N=C(c2ccccc2)c2c(O)[nH]c3ccc([N+](=O)[O-])cc23)cc1. The molecule has 3 aromatic carbocycles. The molecular formula is C22H17N5O3. The smallest absolute Gasteiger partial charge is 0.270 e. The normalized spacial score (nSPS) is 11.5. The minimum absolute atomic E-state index is 0.0459. The molecule has 0 aliphatic heterocycles. The molecule has 30 heavy (non-hydrogen) atoms. The van der Waals surface area contributed by atoms with Gasteiger partial charge in [0.15, 0.2) is 5.88 Å². The number of rotatable bonds is 5. The van der Waals surface area contributed by atoms with Gasteiger partial charge in [0.05, 0.1) is 21.9 Å². The minimum Gasteiger partial charge on any atom is -0.494 e. The van der Waals surface area contributed by atoms with Crippen LogP contribution in [0.1, 0.15) is 16.7 Å². The number of hydrogen-bond acceptors (Lipinski definition) is 5. The Morgan fingerprint density at radius 2 is 1.73 bits per heavy atom. The number of nitrogen functional groups attached to an aromatic ring is 1. The van der Waals surface area contributed by atoms with E-state index in [1.165, 1.54) is 12.1 Å². The molecule has 0 atom stereocenters. The summed E-state index contributed by atoms with van der Waals surface area (Å²) in [4.78, 5) is 18.3. The molecule has 148 valence electrons. The second-order valence-electron chi connectivity index (χ2n) is 6.62. The summed E-state index contributed by atoms with van der Waals surface area (Å²) < 4.78 is 0. The van der Waals surface area contributed by atoms with Crippen LogP contribution in [-0.2, 0) is 0 Å². The summed E-state index contributed by atoms with van der Waals surface area (Å²) in [5, 5.41) is 29.9. The molecule has 0 bridgehead atoms. The third-order valence-electron chi connectivity index (χ3n) is 4.68. The fourth-order valence-electron chi connectivity index (χ4n) is 3.22. The molecule has 4 rings (SSSR count). The summed E-state index contributed by atoms with van der Waals surface area (Å²) in [5.41, 5.74) is 8.69. The van der Waals surface area contributed by atoms with Gasteiger partial charge in [-0.25, -0.2) is 4.99 Å². The molecule has 4 aromatic rings. The predicted molar refractivity (Wildman–Crippen MR) is 116 cm³/mol. The molecular weight excluding hydrogens is 382 g/mol. The van der Waals surface area contributed by atoms with E-state index in [1.54, 1.807) is 30.3 Å². The Morgan fingerprint density at radius 1 is 1.03 bits per heavy atom. The lowest BCUT2D eigenvalue weighted by atomic mass is 10.0. The fourth-order valence-corrected chi connectivity index (χ4v) is 3.22. The van der Waals surface area contributed by atoms with E-state index < -0.39 is 4.92 Å². The van der Waals surface area contributed by atoms with Crippen molar-refractivity contribution in [3.63, 3.8) is 0 Å². The first kappa shape index (κ1) is 18.9. The van der Waals surface area contributed by atoms with Crippen LogP contribution in [0.15, 0.2) is 77.8 Å². The molecule has 1 aromatic heterocycles. The zero-order valence-corrected chi connectivity index (χ0v) is 15.7. The summed E-state index contributed by atoms with van der Waals surface area (Å²) >= 11 is 0. The van der Waals surface area contributed by atoms with Crippen molar-refractivity contribution in [2.24, 2.45) is 10.7 Å². The molecule has 0 unspecified atom stereocenters. The molecule has 0 spiro atoms. The van der Waals surface area contributed by atoms with Crippen molar-refractivity contribution in [1.29, 1.82) is 5.41 Å². The van der Waals surface area contributed by atoms with Gasteiger partial charge in [-0.2, -0.15) is 0 Å². The van der Waals surface area contributed by atoms with E-state index in [0.717, 1.165) is 5.56 Å². The standard InChI is InChI=1S/C22H17N5O3/c23-21(24)14-6-8-15(9-7-14)25-20(13-4-2-1-3-5-13)19-17-12-16(27(29)30)10-11-18(17)26-22(19)28/h1-12,26,28H,(H3,23,24). The lowest BCUT2D eigenvalue weighted by molar-refractivity contribution is -0.384. The number of fused-ring (bicyclic) bond motifs is 1. The number of nitro groups is 1. The number of aromatic amines is 1. The molecule has 0 amide bonds. The monoisotopic (exact) mass is 399 g/mol. The molecule has 0 saturated carbocycles. The summed E-state index contributed by atoms with van der Waals surface area (Å²) in [7, 11) is 0. The van der Waals surface area contributed by atoms with Crippen LogP contribution >= 0.6 is 0 Å². The number of nitrogens with zero attached hydrogens (tertiary/aromatic N) is 2. The van der Waals surface area contributed by atoms with Gasteiger partial charge in [-0.15, -0.1) is 0 Å². The van der Waals surface area contributed by atoms with E-state index in [1.807, 2.05) is 30.3 Å². The van der Waals surface area contributed by atoms with Crippen LogP contribution < -0.4 is 5.73 Å². The van der Waals surface area contributed by atoms with Crippen LogP contribution in [0.3, 0.4) is 0 Å². The Morgan fingerprint density at radius 3 is 2.37 bits per heavy atom. The Balaban J connectivity index is 1.95. The highest BCUT2D eigenvalue weighted by Crippen LogP contribution is 2.33. The molecule has 8 heteroatoms. The molecule has 8 nitrogen and oxygen atoms in total. The maximum absolute atomic E-state index is 11.3. The van der Waals surface area contributed by atoms with Crippen LogP contribution in [0.25, 0.3) is 10.9 Å². The highest BCUT2D eigenvalue weighted by Gasteiger charge is 2.20. The number of H-pyrrole nitrogens is 1. The molecule has 5 N–H and O–H groups in total. The average molecular weight is 399 g/mol. The summed E-state index contributed by atoms with van der Waals surface area (Å²) in [5.74, 6) is -0.177. The minimum atomic E-state index is -0.479. The summed E-state index contributed by atoms with van der Waals surface area (Å²) in [6.07, 6.45) is 0. The highest BCUT2D eigenvalue weighted by atomic mass is 16.6. The van der Waals surface area contributed by atoms with Gasteiger partial charge in [0.1, 0.15) is 5.84 Å². The van der Waals surface area contributed by atoms with Crippen LogP contribution in [0.4, 0.5) is 11.4 Å². The second kappa shape index (κ2) is 7.51. The summed E-state index contributed by atoms with van der Waals surface area (Å²) in [6, 6.07) is 20.4. The number of aromatic hydroxyl groups is 1. The van der Waals surface area contributed by atoms with E-state index in [4.69, 9.17) is 16.1 Å². The Kier molecular flexibility index (Phi) is 4.73. The van der Waals surface area contributed by atoms with Gasteiger partial charge in [0.25, 0.3) is 5.69 Å². The van der Waals surface area contributed by atoms with Crippen molar-refractivity contribution in [2.75, 3.05) is 0 Å². The van der Waals surface area contributed by atoms with Gasteiger partial charge in [-0.05, 0) is 30.3 Å². The molecule has 0 radical (unpaired) electrons. The van der Waals surface area contributed by atoms with Gasteiger partial charge in [-0.1, -0.05) is 30.3 Å². The lowest BCUT2D eigenvalue weighted by Crippen LogP contribution is -2.10. The average Bonchev–Trinajstić information content (AvgIpc) is 3.07. The zero-order valence-electron chi connectivity index (χ0n) is 15.7. The third kappa shape index (κ3) is 3.49. The zero-order chi connectivity index (χ0) is 21.3.